The van der Waals surface area contributed by atoms with Crippen LogP contribution in [-0.4, -0.2) is 28.4 Å². The van der Waals surface area contributed by atoms with Crippen LogP contribution in [0.4, 0.5) is 0 Å². The minimum Gasteiger partial charge on any atom is -0.334 e. The van der Waals surface area contributed by atoms with E-state index in [-0.39, 0.29) is 17.4 Å². The van der Waals surface area contributed by atoms with Gasteiger partial charge in [-0.15, -0.1) is 22.9 Å². The van der Waals surface area contributed by atoms with Gasteiger partial charge >= 0.3 is 0 Å². The molecule has 0 aliphatic carbocycles. The number of hydrogen-bond acceptors (Lipinski definition) is 3. The molecule has 0 bridgehead atoms. The molecule has 100 valence electrons. The molecule has 0 saturated carbocycles. The van der Waals surface area contributed by atoms with Crippen molar-refractivity contribution in [2.24, 2.45) is 5.41 Å². The summed E-state index contributed by atoms with van der Waals surface area (Å²) in [5.41, 5.74) is 1.02. The second-order valence-electron chi connectivity index (χ2n) is 5.81. The number of nitrogens with zero attached hydrogens (tertiary/aromatic N) is 2. The fourth-order valence-electron chi connectivity index (χ4n) is 2.09. The van der Waals surface area contributed by atoms with Crippen molar-refractivity contribution in [1.82, 2.24) is 9.88 Å². The summed E-state index contributed by atoms with van der Waals surface area (Å²) in [4.78, 5) is 19.7. The van der Waals surface area contributed by atoms with E-state index < -0.39 is 0 Å². The van der Waals surface area contributed by atoms with Gasteiger partial charge < -0.3 is 4.90 Å². The van der Waals surface area contributed by atoms with Gasteiger partial charge in [-0.3, -0.25) is 4.79 Å². The van der Waals surface area contributed by atoms with Crippen molar-refractivity contribution < 1.29 is 4.79 Å². The lowest BCUT2D eigenvalue weighted by molar-refractivity contribution is 0.0537. The van der Waals surface area contributed by atoms with Crippen LogP contribution in [0.1, 0.15) is 48.1 Å². The van der Waals surface area contributed by atoms with Crippen LogP contribution in [0.5, 0.6) is 0 Å². The average molecular weight is 287 g/mol. The Bertz CT molecular complexity index is 464. The summed E-state index contributed by atoms with van der Waals surface area (Å²) < 4.78 is 0. The lowest BCUT2D eigenvalue weighted by Gasteiger charge is -2.39. The topological polar surface area (TPSA) is 33.2 Å². The molecule has 1 aliphatic heterocycles. The number of hydrogen-bond donors (Lipinski definition) is 0. The zero-order chi connectivity index (χ0) is 13.5. The Hall–Kier alpha value is -0.610. The van der Waals surface area contributed by atoms with Crippen LogP contribution in [0.3, 0.4) is 0 Å². The Kier molecular flexibility index (Phi) is 3.70. The molecule has 5 heteroatoms. The van der Waals surface area contributed by atoms with Gasteiger partial charge in [0.25, 0.3) is 5.91 Å². The molecule has 2 heterocycles. The molecule has 0 N–H and O–H groups in total. The zero-order valence-electron chi connectivity index (χ0n) is 11.3. The van der Waals surface area contributed by atoms with Gasteiger partial charge in [-0.2, -0.15) is 0 Å². The van der Waals surface area contributed by atoms with Crippen molar-refractivity contribution in [3.05, 3.63) is 15.6 Å². The molecule has 0 saturated heterocycles. The number of halogens is 1. The molecular weight excluding hydrogens is 268 g/mol. The Morgan fingerprint density at radius 3 is 2.72 bits per heavy atom. The summed E-state index contributed by atoms with van der Waals surface area (Å²) in [5.74, 6) is 0.507. The number of carbonyl (C=O) groups is 1. The molecule has 1 unspecified atom stereocenters. The smallest absolute Gasteiger partial charge is 0.266 e. The van der Waals surface area contributed by atoms with E-state index in [1.807, 2.05) is 4.90 Å². The number of aromatic nitrogens is 1. The van der Waals surface area contributed by atoms with Gasteiger partial charge in [0.2, 0.25) is 0 Å². The van der Waals surface area contributed by atoms with Gasteiger partial charge in [0.1, 0.15) is 9.88 Å². The first-order valence-electron chi connectivity index (χ1n) is 6.20. The summed E-state index contributed by atoms with van der Waals surface area (Å²) in [6, 6.07) is 0.222. The molecule has 1 aromatic rings. The number of alkyl halides is 1. The lowest BCUT2D eigenvalue weighted by atomic mass is 9.86. The molecule has 1 aliphatic rings. The van der Waals surface area contributed by atoms with E-state index in [4.69, 9.17) is 11.6 Å². The van der Waals surface area contributed by atoms with E-state index in [0.717, 1.165) is 28.5 Å². The van der Waals surface area contributed by atoms with Gasteiger partial charge in [-0.25, -0.2) is 4.98 Å². The summed E-state index contributed by atoms with van der Waals surface area (Å²) in [5, 5.41) is 0.847. The first kappa shape index (κ1) is 13.8. The monoisotopic (exact) mass is 286 g/mol. The maximum atomic E-state index is 12.5. The van der Waals surface area contributed by atoms with E-state index in [2.05, 4.69) is 32.7 Å². The number of thiazole rings is 1. The molecule has 3 nitrogen and oxygen atoms in total. The van der Waals surface area contributed by atoms with Gasteiger partial charge in [-0.05, 0) is 12.3 Å². The van der Waals surface area contributed by atoms with Crippen LogP contribution >= 0.6 is 22.9 Å². The molecule has 0 radical (unpaired) electrons. The summed E-state index contributed by atoms with van der Waals surface area (Å²) in [6.45, 7) is 9.37. The molecule has 2 rings (SSSR count). The van der Waals surface area contributed by atoms with E-state index in [0.29, 0.717) is 5.88 Å². The van der Waals surface area contributed by atoms with Crippen molar-refractivity contribution in [3.63, 3.8) is 0 Å². The molecular formula is C13H19ClN2OS. The molecule has 0 fully saturated rings. The predicted molar refractivity (Wildman–Crippen MR) is 75.3 cm³/mol. The number of amides is 1. The Morgan fingerprint density at radius 2 is 2.17 bits per heavy atom. The quantitative estimate of drug-likeness (QED) is 0.782. The van der Waals surface area contributed by atoms with Gasteiger partial charge in [0.05, 0.1) is 11.6 Å². The molecule has 0 aromatic carbocycles. The maximum absolute atomic E-state index is 12.5. The van der Waals surface area contributed by atoms with Crippen molar-refractivity contribution in [2.75, 3.05) is 6.54 Å². The van der Waals surface area contributed by atoms with E-state index in [1.54, 1.807) is 0 Å². The minimum absolute atomic E-state index is 0.0904. The van der Waals surface area contributed by atoms with Crippen LogP contribution in [0, 0.1) is 5.41 Å². The fraction of sp³-hybridized carbons (Fsp3) is 0.692. The molecule has 1 aromatic heterocycles. The van der Waals surface area contributed by atoms with Crippen molar-refractivity contribution in [3.8, 4) is 0 Å². The van der Waals surface area contributed by atoms with Crippen LogP contribution in [-0.2, 0) is 12.3 Å². The summed E-state index contributed by atoms with van der Waals surface area (Å²) in [6.07, 6.45) is 0.842. The van der Waals surface area contributed by atoms with Crippen LogP contribution in [0.15, 0.2) is 0 Å². The minimum atomic E-state index is 0.0904. The molecule has 1 atom stereocenters. The first-order chi connectivity index (χ1) is 8.34. The highest BCUT2D eigenvalue weighted by Crippen LogP contribution is 2.31. The lowest BCUT2D eigenvalue weighted by Crippen LogP contribution is -2.48. The van der Waals surface area contributed by atoms with Crippen LogP contribution < -0.4 is 0 Å². The molecule has 0 spiro atoms. The average Bonchev–Trinajstić information content (AvgIpc) is 2.71. The SMILES string of the molecule is CC(N1CCc2nc(CCl)sc2C1=O)C(C)(C)C. The fourth-order valence-corrected chi connectivity index (χ4v) is 3.23. The number of fused-ring (bicyclic) bond motifs is 1. The summed E-state index contributed by atoms with van der Waals surface area (Å²) in [7, 11) is 0. The third-order valence-electron chi connectivity index (χ3n) is 3.62. The standard InChI is InChI=1S/C13H19ClN2OS/c1-8(13(2,3)4)16-6-5-9-11(12(16)17)18-10(7-14)15-9/h8H,5-7H2,1-4H3. The Labute approximate surface area is 117 Å². The first-order valence-corrected chi connectivity index (χ1v) is 7.55. The van der Waals surface area contributed by atoms with Gasteiger partial charge in [0.15, 0.2) is 0 Å². The van der Waals surface area contributed by atoms with E-state index in [9.17, 15) is 4.79 Å². The highest BCUT2D eigenvalue weighted by molar-refractivity contribution is 7.14. The Balaban J connectivity index is 2.28. The van der Waals surface area contributed by atoms with Crippen molar-refractivity contribution in [1.29, 1.82) is 0 Å². The zero-order valence-corrected chi connectivity index (χ0v) is 12.9. The van der Waals surface area contributed by atoms with Crippen molar-refractivity contribution in [2.45, 2.75) is 46.0 Å². The van der Waals surface area contributed by atoms with E-state index in [1.165, 1.54) is 11.3 Å². The highest BCUT2D eigenvalue weighted by atomic mass is 35.5. The second-order valence-corrected chi connectivity index (χ2v) is 7.16. The third kappa shape index (κ3) is 2.41. The largest absolute Gasteiger partial charge is 0.334 e. The Morgan fingerprint density at radius 1 is 1.50 bits per heavy atom. The number of carbonyl (C=O) groups excluding carboxylic acids is 1. The second kappa shape index (κ2) is 4.82. The van der Waals surface area contributed by atoms with Crippen LogP contribution in [0.25, 0.3) is 0 Å². The normalized spacial score (nSPS) is 17.8. The van der Waals surface area contributed by atoms with Crippen LogP contribution in [0.2, 0.25) is 0 Å². The van der Waals surface area contributed by atoms with Gasteiger partial charge in [0, 0.05) is 19.0 Å². The third-order valence-corrected chi connectivity index (χ3v) is 5.12. The van der Waals surface area contributed by atoms with Gasteiger partial charge in [-0.1, -0.05) is 20.8 Å². The molecule has 1 amide bonds. The highest BCUT2D eigenvalue weighted by Gasteiger charge is 2.35. The summed E-state index contributed by atoms with van der Waals surface area (Å²) >= 11 is 7.23. The maximum Gasteiger partial charge on any atom is 0.266 e. The molecule has 18 heavy (non-hydrogen) atoms. The van der Waals surface area contributed by atoms with Crippen molar-refractivity contribution >= 4 is 28.8 Å². The predicted octanol–water partition coefficient (Wildman–Crippen LogP) is 3.31. The van der Waals surface area contributed by atoms with E-state index >= 15 is 0 Å². The number of rotatable bonds is 2.